The first-order valence-electron chi connectivity index (χ1n) is 6.47. The molecule has 0 rings (SSSR count). The molecule has 0 saturated heterocycles. The van der Waals surface area contributed by atoms with E-state index < -0.39 is 26.0 Å². The summed E-state index contributed by atoms with van der Waals surface area (Å²) in [6.07, 6.45) is 0.698. The molecule has 0 unspecified atom stereocenters. The molecule has 4 nitrogen and oxygen atoms in total. The Labute approximate surface area is 117 Å². The molecular weight excluding hydrogens is 260 g/mol. The molecule has 5 heteroatoms. The number of carbonyl (C=O) groups is 1. The first-order valence-corrected chi connectivity index (χ1v) is 9.38. The number of aliphatic hydroxyl groups is 1. The molecule has 0 amide bonds. The van der Waals surface area contributed by atoms with Gasteiger partial charge in [0.05, 0.1) is 7.11 Å². The lowest BCUT2D eigenvalue weighted by Crippen LogP contribution is -2.51. The maximum absolute atomic E-state index is 11.9. The van der Waals surface area contributed by atoms with E-state index in [1.54, 1.807) is 13.0 Å². The Morgan fingerprint density at radius 2 is 1.84 bits per heavy atom. The third-order valence-electron chi connectivity index (χ3n) is 3.98. The maximum Gasteiger partial charge on any atom is 0.316 e. The summed E-state index contributed by atoms with van der Waals surface area (Å²) in [5, 5.41) is 10.3. The third-order valence-corrected chi connectivity index (χ3v) is 8.40. The van der Waals surface area contributed by atoms with Crippen LogP contribution in [0.1, 0.15) is 34.1 Å². The number of allylic oxidation sites excluding steroid dienone is 1. The summed E-state index contributed by atoms with van der Waals surface area (Å²) in [4.78, 5) is 11.9. The molecule has 0 saturated carbocycles. The van der Waals surface area contributed by atoms with Crippen molar-refractivity contribution in [2.75, 3.05) is 7.11 Å². The van der Waals surface area contributed by atoms with Crippen molar-refractivity contribution in [2.24, 2.45) is 5.41 Å². The molecular formula is C14H28O4Si. The van der Waals surface area contributed by atoms with Gasteiger partial charge in [-0.05, 0) is 31.5 Å². The van der Waals surface area contributed by atoms with E-state index in [-0.39, 0.29) is 5.04 Å². The summed E-state index contributed by atoms with van der Waals surface area (Å²) in [6.45, 7) is 15.6. The van der Waals surface area contributed by atoms with E-state index in [0.29, 0.717) is 6.42 Å². The zero-order chi connectivity index (χ0) is 15.5. The summed E-state index contributed by atoms with van der Waals surface area (Å²) in [5.74, 6) is -0.487. The average molecular weight is 288 g/mol. The van der Waals surface area contributed by atoms with Crippen LogP contribution in [0.15, 0.2) is 12.7 Å². The van der Waals surface area contributed by atoms with Gasteiger partial charge in [-0.2, -0.15) is 0 Å². The molecule has 0 aliphatic carbocycles. The highest BCUT2D eigenvalue weighted by Gasteiger charge is 2.47. The van der Waals surface area contributed by atoms with Crippen molar-refractivity contribution in [3.8, 4) is 0 Å². The Morgan fingerprint density at radius 3 is 2.16 bits per heavy atom. The van der Waals surface area contributed by atoms with Gasteiger partial charge in [0.2, 0.25) is 0 Å². The summed E-state index contributed by atoms with van der Waals surface area (Å²) in [7, 11) is -0.849. The number of hydrogen-bond donors (Lipinski definition) is 1. The fourth-order valence-corrected chi connectivity index (χ4v) is 2.58. The summed E-state index contributed by atoms with van der Waals surface area (Å²) < 4.78 is 10.7. The van der Waals surface area contributed by atoms with Crippen LogP contribution >= 0.6 is 0 Å². The Kier molecular flexibility index (Phi) is 5.99. The van der Waals surface area contributed by atoms with Crippen LogP contribution in [0.3, 0.4) is 0 Å². The summed E-state index contributed by atoms with van der Waals surface area (Å²) in [6, 6.07) is 0. The van der Waals surface area contributed by atoms with Crippen LogP contribution in [0.4, 0.5) is 0 Å². The van der Waals surface area contributed by atoms with Gasteiger partial charge >= 0.3 is 5.97 Å². The summed E-state index contributed by atoms with van der Waals surface area (Å²) in [5.41, 5.74) is -1.12. The number of hydrogen-bond acceptors (Lipinski definition) is 4. The lowest BCUT2D eigenvalue weighted by atomic mass is 9.86. The molecule has 0 spiro atoms. The van der Waals surface area contributed by atoms with Crippen molar-refractivity contribution in [1.82, 2.24) is 0 Å². The smallest absolute Gasteiger partial charge is 0.316 e. The number of esters is 1. The van der Waals surface area contributed by atoms with Gasteiger partial charge in [0, 0.05) is 0 Å². The lowest BCUT2D eigenvalue weighted by molar-refractivity contribution is -0.177. The van der Waals surface area contributed by atoms with Gasteiger partial charge < -0.3 is 14.3 Å². The Bertz CT molecular complexity index is 333. The second-order valence-corrected chi connectivity index (χ2v) is 11.4. The largest absolute Gasteiger partial charge is 0.468 e. The van der Waals surface area contributed by atoms with Crippen molar-refractivity contribution in [2.45, 2.75) is 58.5 Å². The number of carbonyl (C=O) groups excluding carboxylic acids is 1. The van der Waals surface area contributed by atoms with Crippen molar-refractivity contribution in [1.29, 1.82) is 0 Å². The minimum Gasteiger partial charge on any atom is -0.468 e. The van der Waals surface area contributed by atoms with Crippen LogP contribution < -0.4 is 0 Å². The molecule has 0 radical (unpaired) electrons. The van der Waals surface area contributed by atoms with E-state index in [9.17, 15) is 9.90 Å². The van der Waals surface area contributed by atoms with Crippen LogP contribution in [0.2, 0.25) is 18.1 Å². The van der Waals surface area contributed by atoms with Crippen LogP contribution in [0.25, 0.3) is 0 Å². The fourth-order valence-electron chi connectivity index (χ4n) is 1.40. The predicted molar refractivity (Wildman–Crippen MR) is 79.2 cm³/mol. The molecule has 112 valence electrons. The Hall–Kier alpha value is -0.653. The van der Waals surface area contributed by atoms with E-state index in [2.05, 4.69) is 27.4 Å². The van der Waals surface area contributed by atoms with E-state index in [1.165, 1.54) is 7.11 Å². The first-order chi connectivity index (χ1) is 8.42. The Morgan fingerprint density at radius 1 is 1.37 bits per heavy atom. The summed E-state index contributed by atoms with van der Waals surface area (Å²) >= 11 is 0. The number of aliphatic hydroxyl groups excluding tert-OH is 1. The number of ether oxygens (including phenoxy) is 1. The van der Waals surface area contributed by atoms with E-state index >= 15 is 0 Å². The highest BCUT2D eigenvalue weighted by molar-refractivity contribution is 6.74. The van der Waals surface area contributed by atoms with Gasteiger partial charge in [0.1, 0.15) is 5.41 Å². The van der Waals surface area contributed by atoms with Gasteiger partial charge in [0.15, 0.2) is 14.6 Å². The van der Waals surface area contributed by atoms with E-state index in [0.717, 1.165) is 0 Å². The standard InChI is InChI=1S/C14H28O4Si/c1-9-10-14(5,11(15)17-6)12(16)18-19(7,8)13(2,3)4/h9,12,16H,1,10H2,2-8H3/t12-,14-/m0/s1. The van der Waals surface area contributed by atoms with Gasteiger partial charge in [-0.3, -0.25) is 4.79 Å². The minimum absolute atomic E-state index is 0.0425. The zero-order valence-electron chi connectivity index (χ0n) is 13.2. The molecule has 1 N–H and O–H groups in total. The SMILES string of the molecule is C=CC[C@@](C)(C(=O)OC)[C@@H](O)O[Si](C)(C)C(C)(C)C. The molecule has 0 aliphatic rings. The molecule has 0 aromatic rings. The molecule has 0 aromatic heterocycles. The highest BCUT2D eigenvalue weighted by atomic mass is 28.4. The quantitative estimate of drug-likeness (QED) is 0.353. The Balaban J connectivity index is 5.19. The molecule has 0 heterocycles. The van der Waals surface area contributed by atoms with Gasteiger partial charge in [-0.15, -0.1) is 6.58 Å². The second kappa shape index (κ2) is 6.20. The van der Waals surface area contributed by atoms with Gasteiger partial charge in [-0.25, -0.2) is 0 Å². The van der Waals surface area contributed by atoms with Crippen molar-refractivity contribution < 1.29 is 19.1 Å². The highest BCUT2D eigenvalue weighted by Crippen LogP contribution is 2.40. The van der Waals surface area contributed by atoms with Crippen LogP contribution in [-0.4, -0.2) is 32.8 Å². The first kappa shape index (κ1) is 18.3. The van der Waals surface area contributed by atoms with Crippen molar-refractivity contribution in [3.05, 3.63) is 12.7 Å². The molecule has 0 aliphatic heterocycles. The molecule has 0 bridgehead atoms. The minimum atomic E-state index is -2.16. The zero-order valence-corrected chi connectivity index (χ0v) is 14.2. The van der Waals surface area contributed by atoms with Gasteiger partial charge in [-0.1, -0.05) is 26.8 Å². The van der Waals surface area contributed by atoms with Crippen molar-refractivity contribution >= 4 is 14.3 Å². The maximum atomic E-state index is 11.9. The van der Waals surface area contributed by atoms with Crippen molar-refractivity contribution in [3.63, 3.8) is 0 Å². The molecule has 19 heavy (non-hydrogen) atoms. The molecule has 2 atom stereocenters. The number of rotatable bonds is 6. The monoisotopic (exact) mass is 288 g/mol. The van der Waals surface area contributed by atoms with E-state index in [1.807, 2.05) is 13.1 Å². The van der Waals surface area contributed by atoms with Crippen LogP contribution in [0, 0.1) is 5.41 Å². The normalized spacial score (nSPS) is 17.5. The predicted octanol–water partition coefficient (Wildman–Crippen LogP) is 3.08. The van der Waals surface area contributed by atoms with Crippen LogP contribution in [-0.2, 0) is 14.0 Å². The molecule has 0 fully saturated rings. The average Bonchev–Trinajstić information content (AvgIpc) is 2.25. The fraction of sp³-hybridized carbons (Fsp3) is 0.786. The lowest BCUT2D eigenvalue weighted by Gasteiger charge is -2.41. The topological polar surface area (TPSA) is 55.8 Å². The molecule has 0 aromatic carbocycles. The van der Waals surface area contributed by atoms with Gasteiger partial charge in [0.25, 0.3) is 0 Å². The van der Waals surface area contributed by atoms with E-state index in [4.69, 9.17) is 9.16 Å². The third kappa shape index (κ3) is 4.16. The number of methoxy groups -OCH3 is 1. The van der Waals surface area contributed by atoms with Crippen LogP contribution in [0.5, 0.6) is 0 Å². The second-order valence-electron chi connectivity index (χ2n) is 6.63.